The van der Waals surface area contributed by atoms with Crippen molar-refractivity contribution in [2.45, 2.75) is 25.9 Å². The van der Waals surface area contributed by atoms with Gasteiger partial charge in [0.25, 0.3) is 0 Å². The van der Waals surface area contributed by atoms with Crippen molar-refractivity contribution in [3.05, 3.63) is 85.1 Å². The number of anilines is 1. The lowest BCUT2D eigenvalue weighted by Gasteiger charge is -2.29. The van der Waals surface area contributed by atoms with Crippen LogP contribution in [0, 0.1) is 0 Å². The molecule has 1 aliphatic heterocycles. The van der Waals surface area contributed by atoms with Crippen LogP contribution in [0.4, 0.5) is 5.69 Å². The molecule has 0 aliphatic carbocycles. The third-order valence-electron chi connectivity index (χ3n) is 6.30. The number of benzene rings is 2. The fraction of sp³-hybridized carbons (Fsp3) is 0.222. The number of piperidine rings is 1. The summed E-state index contributed by atoms with van der Waals surface area (Å²) in [6, 6.07) is 18.6. The molecule has 6 rings (SSSR count). The van der Waals surface area contributed by atoms with Gasteiger partial charge in [0.2, 0.25) is 0 Å². The normalized spacial score (nSPS) is 14.1. The highest BCUT2D eigenvalue weighted by Gasteiger charge is 2.15. The molecule has 0 unspecified atom stereocenters. The number of ether oxygens (including phenoxy) is 1. The van der Waals surface area contributed by atoms with E-state index in [0.29, 0.717) is 6.61 Å². The Morgan fingerprint density at radius 3 is 2.70 bits per heavy atom. The average molecular weight is 436 g/mol. The van der Waals surface area contributed by atoms with Crippen molar-refractivity contribution in [1.82, 2.24) is 19.5 Å². The van der Waals surface area contributed by atoms with Crippen molar-refractivity contribution < 1.29 is 4.74 Å². The third kappa shape index (κ3) is 3.89. The van der Waals surface area contributed by atoms with Crippen LogP contribution in [0.1, 0.15) is 24.8 Å². The molecule has 6 nitrogen and oxygen atoms in total. The molecule has 6 heteroatoms. The van der Waals surface area contributed by atoms with Gasteiger partial charge in [0.05, 0.1) is 34.1 Å². The molecule has 164 valence electrons. The molecule has 1 saturated heterocycles. The number of imidazole rings is 1. The largest absolute Gasteiger partial charge is 0.489 e. The zero-order valence-electron chi connectivity index (χ0n) is 18.4. The molecule has 0 spiro atoms. The summed E-state index contributed by atoms with van der Waals surface area (Å²) in [7, 11) is 0. The second-order valence-electron chi connectivity index (χ2n) is 8.51. The SMILES string of the molecule is c1cncc(COc2ccc3c(c2)ncn3-c2cnc3c(N4CCCCC4)cccc3c2)c1. The minimum absolute atomic E-state index is 0.480. The number of fused-ring (bicyclic) bond motifs is 2. The van der Waals surface area contributed by atoms with Crippen molar-refractivity contribution in [2.75, 3.05) is 18.0 Å². The smallest absolute Gasteiger partial charge is 0.122 e. The first-order valence-electron chi connectivity index (χ1n) is 11.5. The van der Waals surface area contributed by atoms with E-state index in [1.54, 1.807) is 6.20 Å². The molecule has 3 aromatic heterocycles. The molecule has 2 aromatic carbocycles. The van der Waals surface area contributed by atoms with E-state index in [2.05, 4.69) is 49.8 Å². The Bertz CT molecular complexity index is 1410. The number of rotatable bonds is 5. The molecule has 0 atom stereocenters. The molecular weight excluding hydrogens is 410 g/mol. The predicted molar refractivity (Wildman–Crippen MR) is 131 cm³/mol. The maximum atomic E-state index is 5.94. The standard InChI is InChI=1S/C27H25N5O/c1-2-12-31(13-3-1)26-8-4-7-21-14-22(17-29-27(21)26)32-19-30-24-15-23(9-10-25(24)32)33-18-20-6-5-11-28-16-20/h4-11,14-17,19H,1-3,12-13,18H2. The molecule has 1 fully saturated rings. The lowest BCUT2D eigenvalue weighted by molar-refractivity contribution is 0.306. The van der Waals surface area contributed by atoms with Gasteiger partial charge < -0.3 is 9.64 Å². The second kappa shape index (κ2) is 8.54. The van der Waals surface area contributed by atoms with E-state index >= 15 is 0 Å². The molecule has 33 heavy (non-hydrogen) atoms. The third-order valence-corrected chi connectivity index (χ3v) is 6.30. The Hall–Kier alpha value is -3.93. The van der Waals surface area contributed by atoms with Gasteiger partial charge in [-0.2, -0.15) is 0 Å². The molecule has 0 radical (unpaired) electrons. The van der Waals surface area contributed by atoms with Crippen LogP contribution in [0.3, 0.4) is 0 Å². The van der Waals surface area contributed by atoms with Crippen molar-refractivity contribution in [2.24, 2.45) is 0 Å². The minimum Gasteiger partial charge on any atom is -0.489 e. The predicted octanol–water partition coefficient (Wildman–Crippen LogP) is 5.54. The summed E-state index contributed by atoms with van der Waals surface area (Å²) in [6.45, 7) is 2.70. The van der Waals surface area contributed by atoms with Gasteiger partial charge in [0, 0.05) is 42.5 Å². The van der Waals surface area contributed by atoms with Gasteiger partial charge >= 0.3 is 0 Å². The van der Waals surface area contributed by atoms with Crippen LogP contribution < -0.4 is 9.64 Å². The fourth-order valence-electron chi connectivity index (χ4n) is 4.59. The first-order chi connectivity index (χ1) is 16.3. The summed E-state index contributed by atoms with van der Waals surface area (Å²) in [5, 5.41) is 1.15. The monoisotopic (exact) mass is 435 g/mol. The van der Waals surface area contributed by atoms with Crippen molar-refractivity contribution in [1.29, 1.82) is 0 Å². The zero-order valence-corrected chi connectivity index (χ0v) is 18.4. The van der Waals surface area contributed by atoms with E-state index < -0.39 is 0 Å². The Morgan fingerprint density at radius 2 is 1.82 bits per heavy atom. The number of para-hydroxylation sites is 1. The quantitative estimate of drug-likeness (QED) is 0.363. The van der Waals surface area contributed by atoms with Gasteiger partial charge in [-0.05, 0) is 49.6 Å². The summed E-state index contributed by atoms with van der Waals surface area (Å²) in [5.41, 5.74) is 6.26. The van der Waals surface area contributed by atoms with Gasteiger partial charge in [0.1, 0.15) is 18.7 Å². The number of hydrogen-bond acceptors (Lipinski definition) is 5. The maximum absolute atomic E-state index is 5.94. The van der Waals surface area contributed by atoms with Gasteiger partial charge in [-0.1, -0.05) is 18.2 Å². The average Bonchev–Trinajstić information content (AvgIpc) is 3.31. The van der Waals surface area contributed by atoms with Crippen molar-refractivity contribution in [3.63, 3.8) is 0 Å². The molecule has 5 aromatic rings. The number of nitrogens with zero attached hydrogens (tertiary/aromatic N) is 5. The second-order valence-corrected chi connectivity index (χ2v) is 8.51. The molecule has 0 bridgehead atoms. The fourth-order valence-corrected chi connectivity index (χ4v) is 4.59. The summed E-state index contributed by atoms with van der Waals surface area (Å²) >= 11 is 0. The van der Waals surface area contributed by atoms with E-state index in [1.165, 1.54) is 24.9 Å². The molecule has 0 N–H and O–H groups in total. The van der Waals surface area contributed by atoms with Crippen LogP contribution in [-0.4, -0.2) is 32.6 Å². The number of hydrogen-bond donors (Lipinski definition) is 0. The van der Waals surface area contributed by atoms with Crippen LogP contribution in [0.2, 0.25) is 0 Å². The van der Waals surface area contributed by atoms with Crippen LogP contribution in [0.5, 0.6) is 5.75 Å². The Kier molecular flexibility index (Phi) is 5.11. The minimum atomic E-state index is 0.480. The lowest BCUT2D eigenvalue weighted by Crippen LogP contribution is -2.29. The van der Waals surface area contributed by atoms with E-state index in [9.17, 15) is 0 Å². The van der Waals surface area contributed by atoms with Crippen LogP contribution in [0.15, 0.2) is 79.5 Å². The molecule has 0 amide bonds. The Labute approximate surface area is 192 Å². The molecule has 1 aliphatic rings. The molecule has 4 heterocycles. The van der Waals surface area contributed by atoms with Gasteiger partial charge in [-0.3, -0.25) is 14.5 Å². The van der Waals surface area contributed by atoms with E-state index in [-0.39, 0.29) is 0 Å². The van der Waals surface area contributed by atoms with Crippen molar-refractivity contribution in [3.8, 4) is 11.4 Å². The highest BCUT2D eigenvalue weighted by Crippen LogP contribution is 2.30. The van der Waals surface area contributed by atoms with E-state index in [4.69, 9.17) is 9.72 Å². The van der Waals surface area contributed by atoms with Crippen molar-refractivity contribution >= 4 is 27.6 Å². The van der Waals surface area contributed by atoms with Crippen LogP contribution in [0.25, 0.3) is 27.6 Å². The molecular formula is C27H25N5O. The summed E-state index contributed by atoms with van der Waals surface area (Å²) in [5.74, 6) is 0.791. The topological polar surface area (TPSA) is 56.1 Å². The van der Waals surface area contributed by atoms with Crippen LogP contribution in [-0.2, 0) is 6.61 Å². The number of pyridine rings is 2. The van der Waals surface area contributed by atoms with Crippen LogP contribution >= 0.6 is 0 Å². The summed E-state index contributed by atoms with van der Waals surface area (Å²) in [6.07, 6.45) is 11.2. The van der Waals surface area contributed by atoms with E-state index in [1.807, 2.05) is 43.0 Å². The lowest BCUT2D eigenvalue weighted by atomic mass is 10.1. The summed E-state index contributed by atoms with van der Waals surface area (Å²) in [4.78, 5) is 16.1. The highest BCUT2D eigenvalue weighted by atomic mass is 16.5. The van der Waals surface area contributed by atoms with Gasteiger partial charge in [0.15, 0.2) is 0 Å². The Morgan fingerprint density at radius 1 is 0.879 bits per heavy atom. The molecule has 0 saturated carbocycles. The van der Waals surface area contributed by atoms with Gasteiger partial charge in [-0.15, -0.1) is 0 Å². The first kappa shape index (κ1) is 19.7. The number of aromatic nitrogens is 4. The zero-order chi connectivity index (χ0) is 22.0. The van der Waals surface area contributed by atoms with E-state index in [0.717, 1.165) is 52.0 Å². The Balaban J connectivity index is 1.29. The highest BCUT2D eigenvalue weighted by molar-refractivity contribution is 5.92. The summed E-state index contributed by atoms with van der Waals surface area (Å²) < 4.78 is 8.02. The van der Waals surface area contributed by atoms with Gasteiger partial charge in [-0.25, -0.2) is 4.98 Å². The first-order valence-corrected chi connectivity index (χ1v) is 11.5. The maximum Gasteiger partial charge on any atom is 0.122 e.